The lowest BCUT2D eigenvalue weighted by Gasteiger charge is -2.42. The van der Waals surface area contributed by atoms with E-state index < -0.39 is 21.2 Å². The van der Waals surface area contributed by atoms with Crippen molar-refractivity contribution in [2.45, 2.75) is 23.7 Å². The first-order valence-electron chi connectivity index (χ1n) is 20.4. The number of nitro benzene ring substituents is 2. The molecule has 2 heterocycles. The van der Waals surface area contributed by atoms with Gasteiger partial charge in [0.25, 0.3) is 0 Å². The molecule has 0 fully saturated rings. The van der Waals surface area contributed by atoms with E-state index in [1.165, 1.54) is 17.2 Å². The van der Waals surface area contributed by atoms with E-state index in [9.17, 15) is 20.2 Å². The van der Waals surface area contributed by atoms with Crippen LogP contribution in [0.1, 0.15) is 90.4 Å². The van der Waals surface area contributed by atoms with Gasteiger partial charge in [-0.3, -0.25) is 20.2 Å². The molecule has 0 radical (unpaired) electrons. The Morgan fingerprint density at radius 3 is 1.05 bits per heavy atom. The lowest BCUT2D eigenvalue weighted by molar-refractivity contribution is -0.395. The zero-order chi connectivity index (χ0) is 43.1. The number of ether oxygens (including phenoxy) is 4. The minimum atomic E-state index is -0.692. The van der Waals surface area contributed by atoms with Crippen LogP contribution >= 0.6 is 23.2 Å². The van der Waals surface area contributed by atoms with Crippen molar-refractivity contribution in [2.75, 3.05) is 0 Å². The second-order valence-corrected chi connectivity index (χ2v) is 17.2. The van der Waals surface area contributed by atoms with E-state index in [0.29, 0.717) is 23.0 Å². The van der Waals surface area contributed by atoms with Gasteiger partial charge in [-0.25, -0.2) is 0 Å². The first kappa shape index (κ1) is 36.9. The molecule has 308 valence electrons. The number of halogens is 2. The summed E-state index contributed by atoms with van der Waals surface area (Å²) in [6, 6.07) is 43.3. The fraction of sp³-hybridized carbons (Fsp3) is 0.0784. The van der Waals surface area contributed by atoms with E-state index in [1.807, 2.05) is 72.8 Å². The summed E-state index contributed by atoms with van der Waals surface area (Å²) in [4.78, 5) is 28.4. The van der Waals surface area contributed by atoms with Crippen LogP contribution in [-0.2, 0) is 0 Å². The Balaban J connectivity index is 1.02. The summed E-state index contributed by atoms with van der Waals surface area (Å²) in [5.74, 6) is 0.624. The van der Waals surface area contributed by atoms with E-state index in [2.05, 4.69) is 36.4 Å². The maximum atomic E-state index is 12.6. The van der Waals surface area contributed by atoms with Crippen LogP contribution in [0.25, 0.3) is 0 Å². The Bertz CT molecular complexity index is 3230. The molecule has 6 aliphatic carbocycles. The van der Waals surface area contributed by atoms with Crippen LogP contribution in [0, 0.1) is 20.2 Å². The summed E-state index contributed by atoms with van der Waals surface area (Å²) in [5.41, 5.74) is 11.6. The van der Waals surface area contributed by atoms with Crippen LogP contribution in [0.3, 0.4) is 0 Å². The molecule has 4 unspecified atom stereocenters. The van der Waals surface area contributed by atoms with Crippen LogP contribution < -0.4 is 18.9 Å². The number of benzene rings is 7. The van der Waals surface area contributed by atoms with E-state index in [0.717, 1.165) is 61.7 Å². The second-order valence-electron chi connectivity index (χ2n) is 16.4. The van der Waals surface area contributed by atoms with E-state index in [-0.39, 0.29) is 57.0 Å². The molecule has 13 heteroatoms. The fourth-order valence-electron chi connectivity index (χ4n) is 10.6. The third-order valence-electron chi connectivity index (χ3n) is 13.1. The maximum Gasteiger partial charge on any atom is 0.318 e. The molecule has 11 nitrogen and oxygen atoms in total. The Labute approximate surface area is 373 Å². The van der Waals surface area contributed by atoms with Crippen LogP contribution in [0.5, 0.6) is 46.3 Å². The fourth-order valence-corrected chi connectivity index (χ4v) is 11.1. The van der Waals surface area contributed by atoms with Crippen molar-refractivity contribution in [1.82, 2.24) is 4.98 Å². The normalized spacial score (nSPS) is 18.3. The highest BCUT2D eigenvalue weighted by molar-refractivity contribution is 6.36. The number of fused-ring (bicyclic) bond motifs is 8. The van der Waals surface area contributed by atoms with Crippen molar-refractivity contribution in [3.63, 3.8) is 0 Å². The summed E-state index contributed by atoms with van der Waals surface area (Å²) in [6.45, 7) is 0. The molecule has 0 spiro atoms. The van der Waals surface area contributed by atoms with Gasteiger partial charge in [-0.1, -0.05) is 96.0 Å². The largest absolute Gasteiger partial charge is 0.450 e. The van der Waals surface area contributed by atoms with Crippen molar-refractivity contribution in [3.8, 4) is 46.3 Å². The molecular weight excluding hydrogens is 853 g/mol. The Morgan fingerprint density at radius 2 is 0.703 bits per heavy atom. The van der Waals surface area contributed by atoms with E-state index in [4.69, 9.17) is 47.1 Å². The zero-order valence-electron chi connectivity index (χ0n) is 33.0. The van der Waals surface area contributed by atoms with Crippen molar-refractivity contribution in [3.05, 3.63) is 237 Å². The van der Waals surface area contributed by atoms with Gasteiger partial charge in [0, 0.05) is 29.7 Å². The highest BCUT2D eigenvalue weighted by Crippen LogP contribution is 2.59. The molecule has 4 atom stereocenters. The molecule has 0 saturated carbocycles. The minimum Gasteiger partial charge on any atom is -0.450 e. The first-order valence-corrected chi connectivity index (χ1v) is 21.2. The average molecular weight is 881 g/mol. The Kier molecular flexibility index (Phi) is 7.71. The van der Waals surface area contributed by atoms with Crippen LogP contribution in [0.15, 0.2) is 140 Å². The molecule has 0 saturated heterocycles. The van der Waals surface area contributed by atoms with Crippen LogP contribution in [0.2, 0.25) is 10.0 Å². The van der Waals surface area contributed by atoms with Crippen molar-refractivity contribution in [1.29, 1.82) is 0 Å². The van der Waals surface area contributed by atoms with Crippen LogP contribution in [-0.4, -0.2) is 14.8 Å². The molecule has 0 N–H and O–H groups in total. The molecule has 7 aliphatic rings. The molecule has 7 aromatic carbocycles. The molecule has 64 heavy (non-hydrogen) atoms. The number of hydrogen-bond donors (Lipinski definition) is 0. The number of rotatable bonds is 2. The third-order valence-corrected chi connectivity index (χ3v) is 13.7. The average Bonchev–Trinajstić information content (AvgIpc) is 3.29. The molecule has 8 aromatic rings. The van der Waals surface area contributed by atoms with E-state index in [1.54, 1.807) is 18.2 Å². The lowest BCUT2D eigenvalue weighted by Crippen LogP contribution is -2.27. The standard InChI is InChI=1S/C51H27Cl2N3O8/c52-40-21-41(53)51-54-50(40)63-26-11-15-34-38(19-26)48-30-7-3-1-5-28(30)46(34)32-13-9-24(17-36(32)48)61-44-23-45(43(56(59)60)22-42(44)55(57)58)62-25-10-14-33-37(18-25)49-31-8-4-2-6-29(31)47(33)35-16-12-27(64-51)20-39(35)49/h1-23,46-49H. The quantitative estimate of drug-likeness (QED) is 0.123. The zero-order valence-corrected chi connectivity index (χ0v) is 34.5. The highest BCUT2D eigenvalue weighted by atomic mass is 35.5. The predicted octanol–water partition coefficient (Wildman–Crippen LogP) is 13.7. The van der Waals surface area contributed by atoms with Gasteiger partial charge in [-0.15, -0.1) is 0 Å². The van der Waals surface area contributed by atoms with Gasteiger partial charge in [0.05, 0.1) is 9.85 Å². The summed E-state index contributed by atoms with van der Waals surface area (Å²) in [7, 11) is 0. The molecular formula is C51H27Cl2N3O8. The van der Waals surface area contributed by atoms with Crippen molar-refractivity contribution in [2.24, 2.45) is 0 Å². The Hall–Kier alpha value is -7.73. The summed E-state index contributed by atoms with van der Waals surface area (Å²) < 4.78 is 25.6. The van der Waals surface area contributed by atoms with Crippen molar-refractivity contribution >= 4 is 34.6 Å². The Morgan fingerprint density at radius 1 is 0.391 bits per heavy atom. The number of nitro groups is 2. The highest BCUT2D eigenvalue weighted by Gasteiger charge is 2.44. The monoisotopic (exact) mass is 879 g/mol. The first-order chi connectivity index (χ1) is 31.2. The van der Waals surface area contributed by atoms with Gasteiger partial charge in [0.2, 0.25) is 23.3 Å². The molecule has 0 amide bonds. The van der Waals surface area contributed by atoms with E-state index >= 15 is 0 Å². The molecule has 1 aromatic heterocycles. The SMILES string of the molecule is O=[N+]([O-])c1cc([N+](=O)[O-])c2cc1Oc1ccc3c(c1)C1c4ccccc4C3c3ccc(cc31)Oc1nc(c(Cl)cc1Cl)Oc1ccc3c(c1)C1c4ccccc4C3c3ccc(cc31)O2. The second kappa shape index (κ2) is 13.4. The van der Waals surface area contributed by atoms with Crippen LogP contribution in [0.4, 0.5) is 11.4 Å². The number of pyridine rings is 1. The summed E-state index contributed by atoms with van der Waals surface area (Å²) in [5, 5.41) is 25.5. The smallest absolute Gasteiger partial charge is 0.318 e. The minimum absolute atomic E-state index is 0.115. The number of hydrogen-bond acceptors (Lipinski definition) is 9. The maximum absolute atomic E-state index is 12.6. The summed E-state index contributed by atoms with van der Waals surface area (Å²) in [6.07, 6.45) is 0. The van der Waals surface area contributed by atoms with Gasteiger partial charge in [0.15, 0.2) is 0 Å². The van der Waals surface area contributed by atoms with Gasteiger partial charge >= 0.3 is 11.4 Å². The topological polar surface area (TPSA) is 136 Å². The molecule has 1 aliphatic heterocycles. The van der Waals surface area contributed by atoms with Gasteiger partial charge in [-0.05, 0) is 121 Å². The van der Waals surface area contributed by atoms with Crippen molar-refractivity contribution < 1.29 is 28.8 Å². The number of aromatic nitrogens is 1. The van der Waals surface area contributed by atoms with Gasteiger partial charge in [-0.2, -0.15) is 4.98 Å². The molecule has 15 rings (SSSR count). The molecule has 16 bridgehead atoms. The lowest BCUT2D eigenvalue weighted by atomic mass is 9.61. The number of nitrogens with zero attached hydrogens (tertiary/aromatic N) is 3. The summed E-state index contributed by atoms with van der Waals surface area (Å²) >= 11 is 13.5. The van der Waals surface area contributed by atoms with Gasteiger partial charge < -0.3 is 18.9 Å². The van der Waals surface area contributed by atoms with Gasteiger partial charge in [0.1, 0.15) is 39.1 Å². The predicted molar refractivity (Wildman–Crippen MR) is 237 cm³/mol. The third kappa shape index (κ3) is 5.31.